The number of amides is 1. The zero-order valence-corrected chi connectivity index (χ0v) is 14.6. The highest BCUT2D eigenvalue weighted by Crippen LogP contribution is 2.38. The van der Waals surface area contributed by atoms with E-state index < -0.39 is 22.7 Å². The number of ketones is 1. The lowest BCUT2D eigenvalue weighted by atomic mass is 9.95. The Morgan fingerprint density at radius 2 is 1.70 bits per heavy atom. The summed E-state index contributed by atoms with van der Waals surface area (Å²) in [7, 11) is 2.95. The van der Waals surface area contributed by atoms with Gasteiger partial charge in [0.25, 0.3) is 17.4 Å². The lowest BCUT2D eigenvalue weighted by Gasteiger charge is -2.20. The fourth-order valence-corrected chi connectivity index (χ4v) is 3.02. The molecule has 2 aromatic carbocycles. The zero-order chi connectivity index (χ0) is 19.7. The molecular formula is C19H16N2O6. The van der Waals surface area contributed by atoms with E-state index in [0.29, 0.717) is 16.9 Å². The number of hydrogen-bond donors (Lipinski definition) is 1. The number of aliphatic hydroxyl groups excluding tert-OH is 1. The molecule has 0 aromatic heterocycles. The second kappa shape index (κ2) is 6.91. The van der Waals surface area contributed by atoms with Crippen molar-refractivity contribution in [1.29, 1.82) is 0 Å². The van der Waals surface area contributed by atoms with Crippen LogP contribution in [0.4, 0.5) is 5.69 Å². The van der Waals surface area contributed by atoms with E-state index in [1.165, 1.54) is 43.3 Å². The number of nitro benzene ring substituents is 1. The van der Waals surface area contributed by atoms with E-state index in [1.807, 2.05) is 0 Å². The van der Waals surface area contributed by atoms with Crippen molar-refractivity contribution in [2.24, 2.45) is 0 Å². The van der Waals surface area contributed by atoms with Crippen LogP contribution < -0.4 is 4.74 Å². The Kier molecular flexibility index (Phi) is 4.64. The summed E-state index contributed by atoms with van der Waals surface area (Å²) in [6.07, 6.45) is 0. The van der Waals surface area contributed by atoms with Crippen LogP contribution >= 0.6 is 0 Å². The van der Waals surface area contributed by atoms with Crippen LogP contribution in [-0.4, -0.2) is 40.8 Å². The standard InChI is InChI=1S/C19H16N2O6/c1-20-16(11-3-7-13(8-4-11)21(25)26)15(18(23)19(20)24)17(22)12-5-9-14(27-2)10-6-12/h3-10,16,22H,1-2H3/b17-15+. The van der Waals surface area contributed by atoms with Gasteiger partial charge >= 0.3 is 0 Å². The predicted molar refractivity (Wildman–Crippen MR) is 96.2 cm³/mol. The third kappa shape index (κ3) is 3.12. The summed E-state index contributed by atoms with van der Waals surface area (Å²) in [6.45, 7) is 0. The minimum Gasteiger partial charge on any atom is -0.507 e. The molecule has 3 rings (SSSR count). The molecule has 1 aliphatic rings. The van der Waals surface area contributed by atoms with Gasteiger partial charge in [-0.2, -0.15) is 0 Å². The summed E-state index contributed by atoms with van der Waals surface area (Å²) in [5.41, 5.74) is 0.662. The van der Waals surface area contributed by atoms with Crippen molar-refractivity contribution in [2.75, 3.05) is 14.2 Å². The molecule has 1 amide bonds. The lowest BCUT2D eigenvalue weighted by Crippen LogP contribution is -2.24. The maximum Gasteiger partial charge on any atom is 0.295 e. The predicted octanol–water partition coefficient (Wildman–Crippen LogP) is 2.65. The van der Waals surface area contributed by atoms with Gasteiger partial charge in [0.1, 0.15) is 11.5 Å². The largest absolute Gasteiger partial charge is 0.507 e. The van der Waals surface area contributed by atoms with Crippen LogP contribution in [0, 0.1) is 10.1 Å². The van der Waals surface area contributed by atoms with Crippen molar-refractivity contribution in [3.05, 3.63) is 75.3 Å². The summed E-state index contributed by atoms with van der Waals surface area (Å²) < 4.78 is 5.07. The molecule has 8 heteroatoms. The normalized spacial score (nSPS) is 18.6. The van der Waals surface area contributed by atoms with Crippen molar-refractivity contribution >= 4 is 23.1 Å². The number of Topliss-reactive ketones (excluding diaryl/α,β-unsaturated/α-hetero) is 1. The first-order valence-electron chi connectivity index (χ1n) is 7.98. The number of non-ortho nitro benzene ring substituents is 1. The highest BCUT2D eigenvalue weighted by atomic mass is 16.6. The number of rotatable bonds is 4. The van der Waals surface area contributed by atoms with Gasteiger partial charge in [-0.3, -0.25) is 19.7 Å². The van der Waals surface area contributed by atoms with Gasteiger partial charge < -0.3 is 14.7 Å². The number of likely N-dealkylation sites (N-methyl/N-ethyl adjacent to an activating group) is 1. The number of ether oxygens (including phenoxy) is 1. The first-order valence-corrected chi connectivity index (χ1v) is 7.98. The molecule has 0 aliphatic carbocycles. The van der Waals surface area contributed by atoms with Gasteiger partial charge in [0.15, 0.2) is 0 Å². The Morgan fingerprint density at radius 1 is 1.11 bits per heavy atom. The highest BCUT2D eigenvalue weighted by Gasteiger charge is 2.44. The molecule has 1 heterocycles. The van der Waals surface area contributed by atoms with Crippen molar-refractivity contribution in [3.8, 4) is 5.75 Å². The fourth-order valence-electron chi connectivity index (χ4n) is 3.02. The number of carbonyl (C=O) groups excluding carboxylic acids is 2. The number of carbonyl (C=O) groups is 2. The first-order chi connectivity index (χ1) is 12.8. The molecule has 27 heavy (non-hydrogen) atoms. The van der Waals surface area contributed by atoms with Crippen LogP contribution in [0.1, 0.15) is 17.2 Å². The smallest absolute Gasteiger partial charge is 0.295 e. The minimum absolute atomic E-state index is 0.0680. The molecule has 8 nitrogen and oxygen atoms in total. The van der Waals surface area contributed by atoms with Gasteiger partial charge in [-0.15, -0.1) is 0 Å². The van der Waals surface area contributed by atoms with Crippen LogP contribution in [0.3, 0.4) is 0 Å². The van der Waals surface area contributed by atoms with Crippen molar-refractivity contribution in [2.45, 2.75) is 6.04 Å². The Bertz CT molecular complexity index is 947. The molecule has 0 radical (unpaired) electrons. The first kappa shape index (κ1) is 18.1. The van der Waals surface area contributed by atoms with E-state index in [4.69, 9.17) is 4.74 Å². The molecule has 1 unspecified atom stereocenters. The molecule has 1 atom stereocenters. The van der Waals surface area contributed by atoms with E-state index in [1.54, 1.807) is 24.3 Å². The third-order valence-electron chi connectivity index (χ3n) is 4.46. The second-order valence-electron chi connectivity index (χ2n) is 5.99. The van der Waals surface area contributed by atoms with Gasteiger partial charge in [0.2, 0.25) is 0 Å². The summed E-state index contributed by atoms with van der Waals surface area (Å²) in [4.78, 5) is 36.2. The molecule has 138 valence electrons. The Morgan fingerprint density at radius 3 is 2.22 bits per heavy atom. The van der Waals surface area contributed by atoms with E-state index >= 15 is 0 Å². The van der Waals surface area contributed by atoms with Crippen LogP contribution in [0.15, 0.2) is 54.1 Å². The number of methoxy groups -OCH3 is 1. The summed E-state index contributed by atoms with van der Waals surface area (Å²) in [5, 5.41) is 21.5. The molecule has 1 N–H and O–H groups in total. The fraction of sp³-hybridized carbons (Fsp3) is 0.158. The lowest BCUT2D eigenvalue weighted by molar-refractivity contribution is -0.384. The van der Waals surface area contributed by atoms with Gasteiger partial charge in [-0.05, 0) is 42.0 Å². The Labute approximate surface area is 154 Å². The number of likely N-dealkylation sites (tertiary alicyclic amines) is 1. The number of benzene rings is 2. The zero-order valence-electron chi connectivity index (χ0n) is 14.6. The molecule has 2 aromatic rings. The molecule has 1 saturated heterocycles. The number of nitro groups is 1. The maximum absolute atomic E-state index is 12.5. The van der Waals surface area contributed by atoms with E-state index in [-0.39, 0.29) is 17.0 Å². The van der Waals surface area contributed by atoms with Crippen molar-refractivity contribution in [1.82, 2.24) is 4.90 Å². The molecule has 0 bridgehead atoms. The number of hydrogen-bond acceptors (Lipinski definition) is 6. The number of aliphatic hydroxyl groups is 1. The topological polar surface area (TPSA) is 110 Å². The highest BCUT2D eigenvalue weighted by molar-refractivity contribution is 6.46. The average molecular weight is 368 g/mol. The summed E-state index contributed by atoms with van der Waals surface area (Å²) in [6, 6.07) is 11.1. The number of nitrogens with zero attached hydrogens (tertiary/aromatic N) is 2. The maximum atomic E-state index is 12.5. The van der Waals surface area contributed by atoms with Gasteiger partial charge in [0.05, 0.1) is 23.6 Å². The molecular weight excluding hydrogens is 352 g/mol. The average Bonchev–Trinajstić information content (AvgIpc) is 2.91. The monoisotopic (exact) mass is 368 g/mol. The third-order valence-corrected chi connectivity index (χ3v) is 4.46. The Balaban J connectivity index is 2.10. The summed E-state index contributed by atoms with van der Waals surface area (Å²) in [5.74, 6) is -1.30. The van der Waals surface area contributed by atoms with E-state index in [9.17, 15) is 24.8 Å². The van der Waals surface area contributed by atoms with Crippen molar-refractivity contribution < 1.29 is 24.4 Å². The van der Waals surface area contributed by atoms with E-state index in [2.05, 4.69) is 0 Å². The molecule has 0 saturated carbocycles. The van der Waals surface area contributed by atoms with Gasteiger partial charge in [-0.25, -0.2) is 0 Å². The van der Waals surface area contributed by atoms with Crippen LogP contribution in [0.5, 0.6) is 5.75 Å². The second-order valence-corrected chi connectivity index (χ2v) is 5.99. The van der Waals surface area contributed by atoms with E-state index in [0.717, 1.165) is 0 Å². The molecule has 1 fully saturated rings. The Hall–Kier alpha value is -3.68. The van der Waals surface area contributed by atoms with Gasteiger partial charge in [0, 0.05) is 24.7 Å². The van der Waals surface area contributed by atoms with Crippen molar-refractivity contribution in [3.63, 3.8) is 0 Å². The summed E-state index contributed by atoms with van der Waals surface area (Å²) >= 11 is 0. The quantitative estimate of drug-likeness (QED) is 0.292. The minimum atomic E-state index is -0.840. The van der Waals surface area contributed by atoms with Crippen LogP contribution in [0.2, 0.25) is 0 Å². The SMILES string of the molecule is COc1ccc(/C(O)=C2\C(=O)C(=O)N(C)C2c2ccc([N+](=O)[O-])cc2)cc1. The molecule has 0 spiro atoms. The van der Waals surface area contributed by atoms with Gasteiger partial charge in [-0.1, -0.05) is 0 Å². The van der Waals surface area contributed by atoms with Crippen LogP contribution in [-0.2, 0) is 9.59 Å². The molecule has 1 aliphatic heterocycles. The van der Waals surface area contributed by atoms with Crippen LogP contribution in [0.25, 0.3) is 5.76 Å².